The molecule has 3 N–H and O–H groups in total. The van der Waals surface area contributed by atoms with Crippen molar-refractivity contribution >= 4 is 23.3 Å². The number of ether oxygens (including phenoxy) is 1. The highest BCUT2D eigenvalue weighted by atomic mass is 35.5. The SMILES string of the molecule is Cc1ccc(C(=O)c2ccc(O)c(-c3cc(OCCCl)nc(N)n3)c2)c(F)c1. The van der Waals surface area contributed by atoms with Crippen molar-refractivity contribution in [3.63, 3.8) is 0 Å². The number of benzene rings is 2. The van der Waals surface area contributed by atoms with E-state index in [2.05, 4.69) is 9.97 Å². The Labute approximate surface area is 165 Å². The number of ketones is 1. The fourth-order valence-corrected chi connectivity index (χ4v) is 2.72. The molecule has 0 unspecified atom stereocenters. The van der Waals surface area contributed by atoms with Crippen LogP contribution < -0.4 is 10.5 Å². The molecule has 0 amide bonds. The minimum atomic E-state index is -0.609. The van der Waals surface area contributed by atoms with Crippen LogP contribution in [0.1, 0.15) is 21.5 Å². The van der Waals surface area contributed by atoms with Gasteiger partial charge in [-0.2, -0.15) is 4.98 Å². The van der Waals surface area contributed by atoms with Crippen molar-refractivity contribution in [1.82, 2.24) is 9.97 Å². The summed E-state index contributed by atoms with van der Waals surface area (Å²) in [5.74, 6) is -0.868. The Balaban J connectivity index is 2.02. The van der Waals surface area contributed by atoms with Gasteiger partial charge in [-0.05, 0) is 42.8 Å². The molecule has 0 aliphatic heterocycles. The molecular formula is C20H17ClFN3O3. The van der Waals surface area contributed by atoms with E-state index in [-0.39, 0.29) is 52.4 Å². The first kappa shape index (κ1) is 19.6. The van der Waals surface area contributed by atoms with Gasteiger partial charge in [-0.3, -0.25) is 4.79 Å². The van der Waals surface area contributed by atoms with Gasteiger partial charge in [0.25, 0.3) is 0 Å². The second kappa shape index (κ2) is 8.22. The van der Waals surface area contributed by atoms with E-state index >= 15 is 0 Å². The fourth-order valence-electron chi connectivity index (χ4n) is 2.64. The molecule has 1 heterocycles. The van der Waals surface area contributed by atoms with Crippen LogP contribution in [0.3, 0.4) is 0 Å². The summed E-state index contributed by atoms with van der Waals surface area (Å²) >= 11 is 5.60. The quantitative estimate of drug-likeness (QED) is 0.482. The first-order valence-corrected chi connectivity index (χ1v) is 8.90. The molecule has 144 valence electrons. The average molecular weight is 402 g/mol. The Morgan fingerprint density at radius 3 is 2.71 bits per heavy atom. The van der Waals surface area contributed by atoms with Gasteiger partial charge < -0.3 is 15.6 Å². The summed E-state index contributed by atoms with van der Waals surface area (Å²) < 4.78 is 19.5. The van der Waals surface area contributed by atoms with Crippen molar-refractivity contribution in [1.29, 1.82) is 0 Å². The van der Waals surface area contributed by atoms with Crippen molar-refractivity contribution in [2.24, 2.45) is 0 Å². The maximum Gasteiger partial charge on any atom is 0.223 e. The lowest BCUT2D eigenvalue weighted by Crippen LogP contribution is -2.06. The Hall–Kier alpha value is -3.19. The lowest BCUT2D eigenvalue weighted by molar-refractivity contribution is 0.103. The molecule has 0 saturated heterocycles. The number of rotatable bonds is 6. The third kappa shape index (κ3) is 4.20. The van der Waals surface area contributed by atoms with Crippen molar-refractivity contribution in [2.75, 3.05) is 18.2 Å². The number of anilines is 1. The molecule has 6 nitrogen and oxygen atoms in total. The summed E-state index contributed by atoms with van der Waals surface area (Å²) in [7, 11) is 0. The minimum Gasteiger partial charge on any atom is -0.507 e. The van der Waals surface area contributed by atoms with Crippen LogP contribution in [0.2, 0.25) is 0 Å². The summed E-state index contributed by atoms with van der Waals surface area (Å²) in [6, 6.07) is 10.0. The Morgan fingerprint density at radius 1 is 1.21 bits per heavy atom. The summed E-state index contributed by atoms with van der Waals surface area (Å²) in [5.41, 5.74) is 7.05. The standard InChI is InChI=1S/C20H17ClFN3O3/c1-11-2-4-13(15(22)8-11)19(27)12-3-5-17(26)14(9-12)16-10-18(28-7-6-21)25-20(23)24-16/h2-5,8-10,26H,6-7H2,1H3,(H2,23,24,25). The predicted octanol–water partition coefficient (Wildman–Crippen LogP) is 3.73. The van der Waals surface area contributed by atoms with Gasteiger partial charge in [0.1, 0.15) is 18.2 Å². The summed E-state index contributed by atoms with van der Waals surface area (Å²) in [6.07, 6.45) is 0. The molecule has 28 heavy (non-hydrogen) atoms. The number of phenols is 1. The molecule has 3 aromatic rings. The van der Waals surface area contributed by atoms with Gasteiger partial charge in [0.05, 0.1) is 17.1 Å². The molecule has 2 aromatic carbocycles. The number of aromatic nitrogens is 2. The number of alkyl halides is 1. The minimum absolute atomic E-state index is 0.0597. The summed E-state index contributed by atoms with van der Waals surface area (Å²) in [4.78, 5) is 20.8. The van der Waals surface area contributed by atoms with Crippen LogP contribution in [0, 0.1) is 12.7 Å². The number of carbonyl (C=O) groups excluding carboxylic acids is 1. The first-order chi connectivity index (χ1) is 13.4. The smallest absolute Gasteiger partial charge is 0.223 e. The van der Waals surface area contributed by atoms with E-state index in [9.17, 15) is 14.3 Å². The maximum atomic E-state index is 14.2. The topological polar surface area (TPSA) is 98.3 Å². The van der Waals surface area contributed by atoms with Crippen LogP contribution >= 0.6 is 11.6 Å². The molecule has 8 heteroatoms. The second-order valence-electron chi connectivity index (χ2n) is 6.03. The normalized spacial score (nSPS) is 10.7. The average Bonchev–Trinajstić information content (AvgIpc) is 2.66. The highest BCUT2D eigenvalue weighted by Gasteiger charge is 2.17. The van der Waals surface area contributed by atoms with Gasteiger partial charge in [0.2, 0.25) is 11.8 Å². The zero-order valence-electron chi connectivity index (χ0n) is 14.9. The number of carbonyl (C=O) groups is 1. The monoisotopic (exact) mass is 401 g/mol. The van der Waals surface area contributed by atoms with Crippen molar-refractivity contribution in [2.45, 2.75) is 6.92 Å². The van der Waals surface area contributed by atoms with Crippen molar-refractivity contribution in [3.05, 3.63) is 65.0 Å². The third-order valence-electron chi connectivity index (χ3n) is 3.95. The molecule has 0 saturated carbocycles. The first-order valence-electron chi connectivity index (χ1n) is 8.36. The zero-order chi connectivity index (χ0) is 20.3. The van der Waals surface area contributed by atoms with Crippen LogP contribution in [0.15, 0.2) is 42.5 Å². The molecule has 3 rings (SSSR count). The summed E-state index contributed by atoms with van der Waals surface area (Å²) in [5, 5.41) is 10.2. The Morgan fingerprint density at radius 2 is 2.00 bits per heavy atom. The van der Waals surface area contributed by atoms with Gasteiger partial charge >= 0.3 is 0 Å². The van der Waals surface area contributed by atoms with E-state index in [1.54, 1.807) is 13.0 Å². The second-order valence-corrected chi connectivity index (χ2v) is 6.41. The number of phenolic OH excluding ortho intramolecular Hbond substituents is 1. The molecule has 0 bridgehead atoms. The number of aromatic hydroxyl groups is 1. The largest absolute Gasteiger partial charge is 0.507 e. The van der Waals surface area contributed by atoms with Crippen molar-refractivity contribution < 1.29 is 19.0 Å². The highest BCUT2D eigenvalue weighted by molar-refractivity contribution is 6.18. The summed E-state index contributed by atoms with van der Waals surface area (Å²) in [6.45, 7) is 1.95. The van der Waals surface area contributed by atoms with Gasteiger partial charge in [0.15, 0.2) is 5.78 Å². The van der Waals surface area contributed by atoms with E-state index in [0.717, 1.165) is 0 Å². The van der Waals surface area contributed by atoms with E-state index in [0.29, 0.717) is 5.56 Å². The number of nitrogen functional groups attached to an aromatic ring is 1. The van der Waals surface area contributed by atoms with Gasteiger partial charge in [-0.15, -0.1) is 11.6 Å². The van der Waals surface area contributed by atoms with Crippen LogP contribution in [0.4, 0.5) is 10.3 Å². The van der Waals surface area contributed by atoms with Crippen molar-refractivity contribution in [3.8, 4) is 22.9 Å². The van der Waals surface area contributed by atoms with Crippen LogP contribution in [0.5, 0.6) is 11.6 Å². The molecule has 0 aliphatic rings. The van der Waals surface area contributed by atoms with Gasteiger partial charge in [0, 0.05) is 17.2 Å². The van der Waals surface area contributed by atoms with E-state index in [1.165, 1.54) is 36.4 Å². The van der Waals surface area contributed by atoms with Crippen LogP contribution in [-0.2, 0) is 0 Å². The maximum absolute atomic E-state index is 14.2. The molecular weight excluding hydrogens is 385 g/mol. The van der Waals surface area contributed by atoms with E-state index < -0.39 is 11.6 Å². The number of hydrogen-bond acceptors (Lipinski definition) is 6. The van der Waals surface area contributed by atoms with Crippen LogP contribution in [-0.4, -0.2) is 33.3 Å². The third-order valence-corrected chi connectivity index (χ3v) is 4.11. The highest BCUT2D eigenvalue weighted by Crippen LogP contribution is 2.31. The Bertz CT molecular complexity index is 1040. The van der Waals surface area contributed by atoms with Gasteiger partial charge in [-0.1, -0.05) is 6.07 Å². The lowest BCUT2D eigenvalue weighted by atomic mass is 9.98. The number of nitrogens with zero attached hydrogens (tertiary/aromatic N) is 2. The number of halogens is 2. The van der Waals surface area contributed by atoms with Crippen LogP contribution in [0.25, 0.3) is 11.3 Å². The molecule has 0 fully saturated rings. The Kier molecular flexibility index (Phi) is 5.75. The number of nitrogens with two attached hydrogens (primary N) is 1. The molecule has 0 spiro atoms. The number of aryl methyl sites for hydroxylation is 1. The molecule has 0 atom stereocenters. The van der Waals surface area contributed by atoms with E-state index in [4.69, 9.17) is 22.1 Å². The van der Waals surface area contributed by atoms with E-state index in [1.807, 2.05) is 0 Å². The number of hydrogen-bond donors (Lipinski definition) is 2. The van der Waals surface area contributed by atoms with Gasteiger partial charge in [-0.25, -0.2) is 9.37 Å². The molecule has 1 aromatic heterocycles. The molecule has 0 aliphatic carbocycles. The lowest BCUT2D eigenvalue weighted by Gasteiger charge is -2.10. The molecule has 0 radical (unpaired) electrons. The predicted molar refractivity (Wildman–Crippen MR) is 104 cm³/mol. The zero-order valence-corrected chi connectivity index (χ0v) is 15.7. The fraction of sp³-hybridized carbons (Fsp3) is 0.150.